The number of hydrogen-bond acceptors (Lipinski definition) is 3. The van der Waals surface area contributed by atoms with Gasteiger partial charge < -0.3 is 11.1 Å². The molecule has 1 heterocycles. The molecule has 0 saturated carbocycles. The molecule has 22 heavy (non-hydrogen) atoms. The van der Waals surface area contributed by atoms with E-state index >= 15 is 0 Å². The van der Waals surface area contributed by atoms with E-state index in [2.05, 4.69) is 10.3 Å². The molecule has 108 valence electrons. The van der Waals surface area contributed by atoms with Crippen LogP contribution in [0.2, 0.25) is 0 Å². The summed E-state index contributed by atoms with van der Waals surface area (Å²) in [6.45, 7) is 0. The second-order valence-electron chi connectivity index (χ2n) is 4.83. The van der Waals surface area contributed by atoms with Gasteiger partial charge in [0.2, 0.25) is 5.91 Å². The number of nitrogens with zero attached hydrogens (tertiary/aromatic N) is 1. The van der Waals surface area contributed by atoms with Gasteiger partial charge >= 0.3 is 0 Å². The smallest absolute Gasteiger partial charge is 0.249 e. The number of nitrogens with one attached hydrogen (secondary N) is 1. The number of pyridine rings is 1. The van der Waals surface area contributed by atoms with E-state index in [1.807, 2.05) is 60.7 Å². The Morgan fingerprint density at radius 1 is 0.955 bits per heavy atom. The molecule has 0 spiro atoms. The van der Waals surface area contributed by atoms with Gasteiger partial charge in [-0.15, -0.1) is 0 Å². The molecule has 0 unspecified atom stereocenters. The van der Waals surface area contributed by atoms with Crippen molar-refractivity contribution in [1.29, 1.82) is 0 Å². The van der Waals surface area contributed by atoms with Gasteiger partial charge in [-0.1, -0.05) is 36.4 Å². The fourth-order valence-electron chi connectivity index (χ4n) is 2.28. The van der Waals surface area contributed by atoms with Crippen molar-refractivity contribution in [3.8, 4) is 11.1 Å². The van der Waals surface area contributed by atoms with Crippen LogP contribution >= 0.6 is 0 Å². The van der Waals surface area contributed by atoms with Crippen LogP contribution in [0.5, 0.6) is 0 Å². The van der Waals surface area contributed by atoms with Crippen LogP contribution in [0.4, 0.5) is 11.5 Å². The molecule has 0 fully saturated rings. The number of carbonyl (C=O) groups is 1. The maximum Gasteiger partial charge on any atom is 0.249 e. The predicted octanol–water partition coefficient (Wildman–Crippen LogP) is 3.59. The van der Waals surface area contributed by atoms with Gasteiger partial charge in [0.05, 0.1) is 0 Å². The molecule has 3 aromatic rings. The van der Waals surface area contributed by atoms with Crippen molar-refractivity contribution in [3.05, 3.63) is 78.5 Å². The predicted molar refractivity (Wildman–Crippen MR) is 87.9 cm³/mol. The lowest BCUT2D eigenvalue weighted by Gasteiger charge is -2.11. The Balaban J connectivity index is 2.03. The Morgan fingerprint density at radius 2 is 1.73 bits per heavy atom. The molecular formula is C18H15N3O. The second kappa shape index (κ2) is 6.10. The summed E-state index contributed by atoms with van der Waals surface area (Å²) in [4.78, 5) is 15.9. The van der Waals surface area contributed by atoms with Crippen LogP contribution < -0.4 is 11.1 Å². The van der Waals surface area contributed by atoms with Crippen LogP contribution in [0.1, 0.15) is 10.4 Å². The molecule has 0 atom stereocenters. The van der Waals surface area contributed by atoms with Gasteiger partial charge in [0.15, 0.2) is 0 Å². The molecule has 0 bridgehead atoms. The summed E-state index contributed by atoms with van der Waals surface area (Å²) < 4.78 is 0. The molecule has 4 heteroatoms. The number of aromatic nitrogens is 1. The summed E-state index contributed by atoms with van der Waals surface area (Å²) in [5.74, 6) is 0.302. The lowest BCUT2D eigenvalue weighted by molar-refractivity contribution is 0.100. The third-order valence-corrected chi connectivity index (χ3v) is 3.31. The SMILES string of the molecule is NC(=O)c1ccc(Nc2ccccn2)cc1-c1ccccc1. The van der Waals surface area contributed by atoms with E-state index in [0.29, 0.717) is 5.56 Å². The molecule has 0 saturated heterocycles. The minimum absolute atomic E-state index is 0.441. The number of amides is 1. The van der Waals surface area contributed by atoms with Crippen LogP contribution in [-0.4, -0.2) is 10.9 Å². The fraction of sp³-hybridized carbons (Fsp3) is 0. The van der Waals surface area contributed by atoms with Crippen LogP contribution in [0.15, 0.2) is 72.9 Å². The number of benzene rings is 2. The highest BCUT2D eigenvalue weighted by Gasteiger charge is 2.11. The van der Waals surface area contributed by atoms with Gasteiger partial charge in [-0.05, 0) is 41.5 Å². The Bertz CT molecular complexity index is 786. The van der Waals surface area contributed by atoms with Gasteiger partial charge in [-0.25, -0.2) is 4.98 Å². The van der Waals surface area contributed by atoms with Crippen LogP contribution in [0.3, 0.4) is 0 Å². The standard InChI is InChI=1S/C18H15N3O/c19-18(22)15-10-9-14(21-17-8-4-5-11-20-17)12-16(15)13-6-2-1-3-7-13/h1-12H,(H2,19,22)(H,20,21). The second-order valence-corrected chi connectivity index (χ2v) is 4.83. The number of anilines is 2. The van der Waals surface area contributed by atoms with E-state index in [1.54, 1.807) is 12.3 Å². The highest BCUT2D eigenvalue weighted by molar-refractivity contribution is 6.00. The van der Waals surface area contributed by atoms with Crippen molar-refractivity contribution in [2.75, 3.05) is 5.32 Å². The summed E-state index contributed by atoms with van der Waals surface area (Å²) in [5, 5.41) is 3.22. The molecule has 1 aromatic heterocycles. The summed E-state index contributed by atoms with van der Waals surface area (Å²) in [7, 11) is 0. The zero-order chi connectivity index (χ0) is 15.4. The highest BCUT2D eigenvalue weighted by Crippen LogP contribution is 2.28. The summed E-state index contributed by atoms with van der Waals surface area (Å²) in [6.07, 6.45) is 1.72. The van der Waals surface area contributed by atoms with Crippen molar-refractivity contribution >= 4 is 17.4 Å². The average Bonchev–Trinajstić information content (AvgIpc) is 2.56. The Morgan fingerprint density at radius 3 is 2.41 bits per heavy atom. The van der Waals surface area contributed by atoms with Crippen LogP contribution in [0, 0.1) is 0 Å². The maximum atomic E-state index is 11.7. The largest absolute Gasteiger partial charge is 0.366 e. The molecule has 2 aromatic carbocycles. The summed E-state index contributed by atoms with van der Waals surface area (Å²) in [5.41, 5.74) is 8.58. The lowest BCUT2D eigenvalue weighted by atomic mass is 9.98. The molecule has 0 aliphatic carbocycles. The van der Waals surface area contributed by atoms with Crippen molar-refractivity contribution in [2.24, 2.45) is 5.73 Å². The molecule has 1 amide bonds. The first kappa shape index (κ1) is 13.8. The van der Waals surface area contributed by atoms with E-state index in [4.69, 9.17) is 5.73 Å². The molecule has 4 nitrogen and oxygen atoms in total. The topological polar surface area (TPSA) is 68.0 Å². The van der Waals surface area contributed by atoms with Crippen molar-refractivity contribution in [2.45, 2.75) is 0 Å². The normalized spacial score (nSPS) is 10.2. The zero-order valence-electron chi connectivity index (χ0n) is 11.9. The highest BCUT2D eigenvalue weighted by atomic mass is 16.1. The number of carbonyl (C=O) groups excluding carboxylic acids is 1. The monoisotopic (exact) mass is 289 g/mol. The van der Waals surface area contributed by atoms with E-state index in [0.717, 1.165) is 22.6 Å². The quantitative estimate of drug-likeness (QED) is 0.771. The van der Waals surface area contributed by atoms with Crippen molar-refractivity contribution < 1.29 is 4.79 Å². The Hall–Kier alpha value is -3.14. The first-order valence-electron chi connectivity index (χ1n) is 6.91. The molecule has 0 aliphatic rings. The van der Waals surface area contributed by atoms with E-state index in [-0.39, 0.29) is 0 Å². The van der Waals surface area contributed by atoms with Gasteiger partial charge in [0, 0.05) is 17.4 Å². The molecule has 3 rings (SSSR count). The third kappa shape index (κ3) is 2.96. The molecular weight excluding hydrogens is 274 g/mol. The van der Waals surface area contributed by atoms with E-state index in [1.165, 1.54) is 0 Å². The average molecular weight is 289 g/mol. The Labute approximate surface area is 128 Å². The minimum atomic E-state index is -0.441. The molecule has 3 N–H and O–H groups in total. The van der Waals surface area contributed by atoms with Crippen molar-refractivity contribution in [1.82, 2.24) is 4.98 Å². The summed E-state index contributed by atoms with van der Waals surface area (Å²) >= 11 is 0. The number of hydrogen-bond donors (Lipinski definition) is 2. The maximum absolute atomic E-state index is 11.7. The Kier molecular flexibility index (Phi) is 3.83. The van der Waals surface area contributed by atoms with Gasteiger partial charge in [0.1, 0.15) is 5.82 Å². The zero-order valence-corrected chi connectivity index (χ0v) is 11.9. The van der Waals surface area contributed by atoms with Gasteiger partial charge in [0.25, 0.3) is 0 Å². The first-order valence-corrected chi connectivity index (χ1v) is 6.91. The van der Waals surface area contributed by atoms with E-state index < -0.39 is 5.91 Å². The third-order valence-electron chi connectivity index (χ3n) is 3.31. The summed E-state index contributed by atoms with van der Waals surface area (Å²) in [6, 6.07) is 20.8. The van der Waals surface area contributed by atoms with E-state index in [9.17, 15) is 4.79 Å². The number of rotatable bonds is 4. The molecule has 0 aliphatic heterocycles. The van der Waals surface area contributed by atoms with Crippen LogP contribution in [0.25, 0.3) is 11.1 Å². The van der Waals surface area contributed by atoms with Crippen molar-refractivity contribution in [3.63, 3.8) is 0 Å². The minimum Gasteiger partial charge on any atom is -0.366 e. The molecule has 0 radical (unpaired) electrons. The number of nitrogens with two attached hydrogens (primary N) is 1. The number of primary amides is 1. The van der Waals surface area contributed by atoms with Gasteiger partial charge in [-0.2, -0.15) is 0 Å². The van der Waals surface area contributed by atoms with Gasteiger partial charge in [-0.3, -0.25) is 4.79 Å². The van der Waals surface area contributed by atoms with Crippen LogP contribution in [-0.2, 0) is 0 Å². The first-order chi connectivity index (χ1) is 10.7. The lowest BCUT2D eigenvalue weighted by Crippen LogP contribution is -2.12. The fourth-order valence-corrected chi connectivity index (χ4v) is 2.28.